The third-order valence-electron chi connectivity index (χ3n) is 2.48. The molecule has 0 bridgehead atoms. The number of hydrogen-bond donors (Lipinski definition) is 1. The van der Waals surface area contributed by atoms with Crippen LogP contribution >= 0.6 is 35.0 Å². The molecule has 1 N–H and O–H groups in total. The Morgan fingerprint density at radius 1 is 1.16 bits per heavy atom. The fraction of sp³-hybridized carbons (Fsp3) is 0.214. The zero-order valence-corrected chi connectivity index (χ0v) is 12.8. The van der Waals surface area contributed by atoms with Crippen LogP contribution in [-0.4, -0.2) is 11.5 Å². The summed E-state index contributed by atoms with van der Waals surface area (Å²) in [6, 6.07) is 9.75. The fourth-order valence-electron chi connectivity index (χ4n) is 1.53. The second-order valence-corrected chi connectivity index (χ2v) is 5.81. The maximum atomic E-state index is 5.99. The largest absolute Gasteiger partial charge is 0.370 e. The summed E-state index contributed by atoms with van der Waals surface area (Å²) in [6.45, 7) is 2.93. The minimum atomic E-state index is 0.586. The number of anilines is 1. The van der Waals surface area contributed by atoms with Crippen LogP contribution in [0.5, 0.6) is 0 Å². The highest BCUT2D eigenvalue weighted by atomic mass is 35.5. The molecule has 1 aromatic carbocycles. The molecule has 1 heterocycles. The van der Waals surface area contributed by atoms with Gasteiger partial charge in [-0.25, -0.2) is 4.98 Å². The maximum Gasteiger partial charge on any atom is 0.125 e. The number of rotatable bonds is 5. The standard InChI is InChI=1S/C14H14Cl2N2S/c1-2-17-14-6-3-10(8-18-14)9-19-11-4-5-12(15)13(16)7-11/h3-8H,2,9H2,1H3,(H,17,18). The normalized spacial score (nSPS) is 10.5. The van der Waals surface area contributed by atoms with Crippen LogP contribution in [0.3, 0.4) is 0 Å². The van der Waals surface area contributed by atoms with Gasteiger partial charge in [0.1, 0.15) is 5.82 Å². The lowest BCUT2D eigenvalue weighted by Gasteiger charge is -2.05. The minimum Gasteiger partial charge on any atom is -0.370 e. The molecule has 1 aromatic heterocycles. The molecule has 0 aliphatic heterocycles. The van der Waals surface area contributed by atoms with Gasteiger partial charge in [-0.15, -0.1) is 11.8 Å². The van der Waals surface area contributed by atoms with E-state index in [2.05, 4.69) is 23.3 Å². The number of nitrogens with zero attached hydrogens (tertiary/aromatic N) is 1. The third-order valence-corrected chi connectivity index (χ3v) is 4.28. The zero-order chi connectivity index (χ0) is 13.7. The first kappa shape index (κ1) is 14.5. The summed E-state index contributed by atoms with van der Waals surface area (Å²) in [6.07, 6.45) is 1.89. The summed E-state index contributed by atoms with van der Waals surface area (Å²) < 4.78 is 0. The maximum absolute atomic E-state index is 5.99. The van der Waals surface area contributed by atoms with Crippen LogP contribution in [0.4, 0.5) is 5.82 Å². The minimum absolute atomic E-state index is 0.586. The van der Waals surface area contributed by atoms with Crippen molar-refractivity contribution in [3.05, 3.63) is 52.1 Å². The molecule has 19 heavy (non-hydrogen) atoms. The predicted octanol–water partition coefficient (Wildman–Crippen LogP) is 5.11. The zero-order valence-electron chi connectivity index (χ0n) is 10.5. The van der Waals surface area contributed by atoms with E-state index >= 15 is 0 Å². The number of aromatic nitrogens is 1. The molecule has 0 spiro atoms. The average molecular weight is 313 g/mol. The van der Waals surface area contributed by atoms with Crippen molar-refractivity contribution in [3.63, 3.8) is 0 Å². The Morgan fingerprint density at radius 3 is 2.63 bits per heavy atom. The lowest BCUT2D eigenvalue weighted by Crippen LogP contribution is -1.98. The number of nitrogens with one attached hydrogen (secondary N) is 1. The van der Waals surface area contributed by atoms with E-state index in [1.807, 2.05) is 30.5 Å². The van der Waals surface area contributed by atoms with E-state index in [0.717, 1.165) is 23.0 Å². The van der Waals surface area contributed by atoms with E-state index in [-0.39, 0.29) is 0 Å². The Bertz CT molecular complexity index is 544. The Balaban J connectivity index is 1.96. The molecule has 0 unspecified atom stereocenters. The van der Waals surface area contributed by atoms with E-state index < -0.39 is 0 Å². The summed E-state index contributed by atoms with van der Waals surface area (Å²) in [5.41, 5.74) is 1.18. The summed E-state index contributed by atoms with van der Waals surface area (Å²) in [5.74, 6) is 1.77. The molecule has 2 nitrogen and oxygen atoms in total. The lowest BCUT2D eigenvalue weighted by atomic mass is 10.3. The smallest absolute Gasteiger partial charge is 0.125 e. The Labute approximate surface area is 127 Å². The second kappa shape index (κ2) is 7.04. The van der Waals surface area contributed by atoms with Gasteiger partial charge in [0.05, 0.1) is 10.0 Å². The molecule has 2 rings (SSSR count). The number of hydrogen-bond acceptors (Lipinski definition) is 3. The summed E-state index contributed by atoms with van der Waals surface area (Å²) in [7, 11) is 0. The molecule has 2 aromatic rings. The van der Waals surface area contributed by atoms with Crippen LogP contribution in [0.25, 0.3) is 0 Å². The van der Waals surface area contributed by atoms with Crippen LogP contribution in [0.1, 0.15) is 12.5 Å². The molecule has 0 aliphatic rings. The lowest BCUT2D eigenvalue weighted by molar-refractivity contribution is 1.14. The van der Waals surface area contributed by atoms with E-state index in [1.165, 1.54) is 5.56 Å². The van der Waals surface area contributed by atoms with Gasteiger partial charge in [-0.3, -0.25) is 0 Å². The van der Waals surface area contributed by atoms with Crippen molar-refractivity contribution in [3.8, 4) is 0 Å². The van der Waals surface area contributed by atoms with Gasteiger partial charge in [0.15, 0.2) is 0 Å². The van der Waals surface area contributed by atoms with Crippen molar-refractivity contribution >= 4 is 40.8 Å². The first-order valence-corrected chi connectivity index (χ1v) is 7.70. The van der Waals surface area contributed by atoms with Crippen molar-refractivity contribution in [2.75, 3.05) is 11.9 Å². The van der Waals surface area contributed by atoms with Gasteiger partial charge in [-0.1, -0.05) is 29.3 Å². The highest BCUT2D eigenvalue weighted by Gasteiger charge is 2.01. The molecule has 0 saturated heterocycles. The quantitative estimate of drug-likeness (QED) is 0.776. The first-order chi connectivity index (χ1) is 9.19. The average Bonchev–Trinajstić information content (AvgIpc) is 2.42. The highest BCUT2D eigenvalue weighted by Crippen LogP contribution is 2.29. The van der Waals surface area contributed by atoms with Crippen molar-refractivity contribution in [2.24, 2.45) is 0 Å². The molecule has 0 amide bonds. The summed E-state index contributed by atoms with van der Waals surface area (Å²) in [5, 5.41) is 4.35. The van der Waals surface area contributed by atoms with Gasteiger partial charge in [-0.05, 0) is 36.8 Å². The third kappa shape index (κ3) is 4.30. The first-order valence-electron chi connectivity index (χ1n) is 5.95. The summed E-state index contributed by atoms with van der Waals surface area (Å²) >= 11 is 13.6. The number of thioether (sulfide) groups is 1. The van der Waals surface area contributed by atoms with Gasteiger partial charge in [0, 0.05) is 23.4 Å². The second-order valence-electron chi connectivity index (χ2n) is 3.95. The van der Waals surface area contributed by atoms with E-state index in [0.29, 0.717) is 10.0 Å². The molecular formula is C14H14Cl2N2S. The Morgan fingerprint density at radius 2 is 2.00 bits per heavy atom. The topological polar surface area (TPSA) is 24.9 Å². The SMILES string of the molecule is CCNc1ccc(CSc2ccc(Cl)c(Cl)c2)cn1. The van der Waals surface area contributed by atoms with Gasteiger partial charge in [-0.2, -0.15) is 0 Å². The number of halogens is 2. The molecule has 100 valence electrons. The monoisotopic (exact) mass is 312 g/mol. The number of benzene rings is 1. The van der Waals surface area contributed by atoms with Gasteiger partial charge in [0.25, 0.3) is 0 Å². The van der Waals surface area contributed by atoms with Crippen LogP contribution < -0.4 is 5.32 Å². The predicted molar refractivity (Wildman–Crippen MR) is 84.4 cm³/mol. The highest BCUT2D eigenvalue weighted by molar-refractivity contribution is 7.98. The van der Waals surface area contributed by atoms with Crippen molar-refractivity contribution in [1.82, 2.24) is 4.98 Å². The molecule has 0 atom stereocenters. The van der Waals surface area contributed by atoms with Gasteiger partial charge in [0.2, 0.25) is 0 Å². The van der Waals surface area contributed by atoms with Crippen molar-refractivity contribution in [1.29, 1.82) is 0 Å². The van der Waals surface area contributed by atoms with E-state index in [9.17, 15) is 0 Å². The number of pyridine rings is 1. The Kier molecular flexibility index (Phi) is 5.37. The van der Waals surface area contributed by atoms with E-state index in [1.54, 1.807) is 11.8 Å². The Hall–Kier alpha value is -0.900. The molecule has 0 saturated carbocycles. The molecular weight excluding hydrogens is 299 g/mol. The summed E-state index contributed by atoms with van der Waals surface area (Å²) in [4.78, 5) is 5.44. The molecule has 0 radical (unpaired) electrons. The van der Waals surface area contributed by atoms with Crippen LogP contribution in [0.2, 0.25) is 10.0 Å². The van der Waals surface area contributed by atoms with Crippen LogP contribution in [0.15, 0.2) is 41.4 Å². The molecule has 0 fully saturated rings. The van der Waals surface area contributed by atoms with Crippen molar-refractivity contribution in [2.45, 2.75) is 17.6 Å². The van der Waals surface area contributed by atoms with Crippen molar-refractivity contribution < 1.29 is 0 Å². The van der Waals surface area contributed by atoms with Gasteiger partial charge < -0.3 is 5.32 Å². The molecule has 0 aliphatic carbocycles. The van der Waals surface area contributed by atoms with Gasteiger partial charge >= 0.3 is 0 Å². The fourth-order valence-corrected chi connectivity index (χ4v) is 2.76. The van der Waals surface area contributed by atoms with Crippen LogP contribution in [0, 0.1) is 0 Å². The van der Waals surface area contributed by atoms with E-state index in [4.69, 9.17) is 23.2 Å². The molecule has 5 heteroatoms. The van der Waals surface area contributed by atoms with Crippen LogP contribution in [-0.2, 0) is 5.75 Å².